The zero-order valence-electron chi connectivity index (χ0n) is 29.8. The van der Waals surface area contributed by atoms with E-state index < -0.39 is 47.7 Å². The number of rotatable bonds is 17. The number of likely N-dealkylation sites (N-methyl/N-ethyl adjacent to an activating group) is 1. The van der Waals surface area contributed by atoms with Gasteiger partial charge in [0, 0.05) is 33.2 Å². The van der Waals surface area contributed by atoms with Gasteiger partial charge >= 0.3 is 5.97 Å². The summed E-state index contributed by atoms with van der Waals surface area (Å²) in [4.78, 5) is 61.7. The summed E-state index contributed by atoms with van der Waals surface area (Å²) in [6.07, 6.45) is 5.35. The Morgan fingerprint density at radius 1 is 1.12 bits per heavy atom. The number of halogens is 1. The fourth-order valence-electron chi connectivity index (χ4n) is 8.17. The molecular weight excluding hydrogens is 670 g/mol. The van der Waals surface area contributed by atoms with Crippen molar-refractivity contribution in [2.75, 3.05) is 31.6 Å². The summed E-state index contributed by atoms with van der Waals surface area (Å²) in [7, 11) is 1.69. The second-order valence-electron chi connectivity index (χ2n) is 13.9. The van der Waals surface area contributed by atoms with Crippen LogP contribution in [0.15, 0.2) is 73.8 Å². The van der Waals surface area contributed by atoms with Crippen LogP contribution in [0.1, 0.15) is 69.1 Å². The van der Waals surface area contributed by atoms with Crippen molar-refractivity contribution in [3.63, 3.8) is 0 Å². The average Bonchev–Trinajstić information content (AvgIpc) is 3.77. The smallest absolute Gasteiger partial charge is 0.313 e. The van der Waals surface area contributed by atoms with Crippen LogP contribution in [-0.4, -0.2) is 89.1 Å². The first-order valence-electron chi connectivity index (χ1n) is 17.9. The van der Waals surface area contributed by atoms with Crippen LogP contribution < -0.4 is 4.90 Å². The summed E-state index contributed by atoms with van der Waals surface area (Å²) in [5.74, 6) is -3.26. The lowest BCUT2D eigenvalue weighted by Crippen LogP contribution is -2.56. The molecule has 11 heteroatoms. The van der Waals surface area contributed by atoms with Crippen LogP contribution >= 0.6 is 11.6 Å². The number of allylic oxidation sites excluding steroid dienone is 1. The van der Waals surface area contributed by atoms with Crippen LogP contribution in [0.4, 0.5) is 5.69 Å². The number of carbonyl (C=O) groups excluding carboxylic acids is 4. The Hall–Kier alpha value is -3.99. The molecule has 7 atom stereocenters. The van der Waals surface area contributed by atoms with Gasteiger partial charge in [0.1, 0.15) is 17.7 Å². The molecule has 2 aromatic rings. The number of fused-ring (bicyclic) bond motifs is 1. The third kappa shape index (κ3) is 7.36. The molecule has 274 valence electrons. The van der Waals surface area contributed by atoms with Gasteiger partial charge in [0.05, 0.1) is 34.7 Å². The number of para-hydroxylation sites is 1. The van der Waals surface area contributed by atoms with Crippen molar-refractivity contribution in [1.82, 2.24) is 9.80 Å². The number of likely N-dealkylation sites (tertiary alicyclic amines) is 1. The summed E-state index contributed by atoms with van der Waals surface area (Å²) in [6.45, 7) is 11.7. The fourth-order valence-corrected chi connectivity index (χ4v) is 8.49. The molecule has 51 heavy (non-hydrogen) atoms. The van der Waals surface area contributed by atoms with E-state index in [1.165, 1.54) is 0 Å². The maximum absolute atomic E-state index is 14.9. The van der Waals surface area contributed by atoms with Crippen molar-refractivity contribution in [1.29, 1.82) is 0 Å². The number of hydrogen-bond donors (Lipinski definition) is 1. The van der Waals surface area contributed by atoms with Gasteiger partial charge in [-0.05, 0) is 69.6 Å². The maximum Gasteiger partial charge on any atom is 0.313 e. The fraction of sp³-hybridized carbons (Fsp3) is 0.500. The van der Waals surface area contributed by atoms with Crippen molar-refractivity contribution < 1.29 is 33.8 Å². The number of aryl methyl sites for hydroxylation is 1. The Balaban J connectivity index is 1.50. The predicted molar refractivity (Wildman–Crippen MR) is 196 cm³/mol. The molecule has 0 radical (unpaired) electrons. The lowest BCUT2D eigenvalue weighted by atomic mass is 9.70. The number of nitrogens with zero attached hydrogens (tertiary/aromatic N) is 3. The molecule has 2 bridgehead atoms. The number of aliphatic hydroxyl groups is 1. The molecule has 10 nitrogen and oxygen atoms in total. The van der Waals surface area contributed by atoms with E-state index in [-0.39, 0.29) is 43.8 Å². The molecule has 1 N–H and O–H groups in total. The molecule has 3 amide bonds. The standard InChI is InChI=1S/C40H50ClN3O7/c1-6-8-20-31(46)42(5)27(4)35(28-17-11-9-12-18-28)50-39(49)32-30-21-22-40(51-30)33(32)37(47)44(24-13-10-14-25-45)36(40)38(48)43(23-7-2)34-26(3)16-15-19-29(34)41/h6-7,9,11-12,15-19,27,30,32-33,35-36,45H,1-2,8,10,13-14,20-25H2,3-5H3/t27-,30+,32-,33-,35+,36+,40-/m0/s1. The summed E-state index contributed by atoms with van der Waals surface area (Å²) in [5.41, 5.74) is 0.788. The topological polar surface area (TPSA) is 117 Å². The first-order valence-corrected chi connectivity index (χ1v) is 18.3. The minimum absolute atomic E-state index is 0.0243. The summed E-state index contributed by atoms with van der Waals surface area (Å²) < 4.78 is 13.0. The number of aliphatic hydroxyl groups excluding tert-OH is 1. The van der Waals surface area contributed by atoms with E-state index in [4.69, 9.17) is 21.1 Å². The highest BCUT2D eigenvalue weighted by Crippen LogP contribution is 2.59. The minimum Gasteiger partial charge on any atom is -0.455 e. The number of esters is 1. The molecular formula is C40H50ClN3O7. The van der Waals surface area contributed by atoms with Gasteiger partial charge in [-0.3, -0.25) is 19.2 Å². The number of carbonyl (C=O) groups is 4. The molecule has 5 rings (SSSR count). The van der Waals surface area contributed by atoms with Crippen LogP contribution in [0.3, 0.4) is 0 Å². The largest absolute Gasteiger partial charge is 0.455 e. The molecule has 0 saturated carbocycles. The molecule has 0 aliphatic carbocycles. The number of unbranched alkanes of at least 4 members (excludes halogenated alkanes) is 2. The number of anilines is 1. The molecule has 2 aromatic carbocycles. The molecule has 1 spiro atoms. The third-order valence-electron chi connectivity index (χ3n) is 10.8. The van der Waals surface area contributed by atoms with Crippen LogP contribution in [0, 0.1) is 18.8 Å². The van der Waals surface area contributed by atoms with E-state index in [2.05, 4.69) is 13.2 Å². The maximum atomic E-state index is 14.9. The van der Waals surface area contributed by atoms with Gasteiger partial charge in [0.25, 0.3) is 5.91 Å². The zero-order chi connectivity index (χ0) is 36.9. The summed E-state index contributed by atoms with van der Waals surface area (Å²) in [6, 6.07) is 13.1. The molecule has 3 fully saturated rings. The van der Waals surface area contributed by atoms with Crippen LogP contribution in [0.5, 0.6) is 0 Å². The van der Waals surface area contributed by atoms with Crippen LogP contribution in [0.25, 0.3) is 0 Å². The van der Waals surface area contributed by atoms with Gasteiger partial charge in [-0.25, -0.2) is 0 Å². The van der Waals surface area contributed by atoms with Gasteiger partial charge < -0.3 is 29.3 Å². The van der Waals surface area contributed by atoms with Gasteiger partial charge in [-0.1, -0.05) is 66.2 Å². The van der Waals surface area contributed by atoms with Gasteiger partial charge in [0.2, 0.25) is 11.8 Å². The van der Waals surface area contributed by atoms with Crippen molar-refractivity contribution in [3.05, 3.63) is 90.0 Å². The Bertz CT molecular complexity index is 1600. The molecule has 3 heterocycles. The normalized spacial score (nSPS) is 24.5. The minimum atomic E-state index is -1.25. The van der Waals surface area contributed by atoms with Crippen molar-refractivity contribution in [2.45, 2.75) is 88.7 Å². The zero-order valence-corrected chi connectivity index (χ0v) is 30.6. The van der Waals surface area contributed by atoms with E-state index in [0.29, 0.717) is 54.8 Å². The summed E-state index contributed by atoms with van der Waals surface area (Å²) in [5, 5.41) is 9.80. The quantitative estimate of drug-likeness (QED) is 0.125. The SMILES string of the molecule is C=CCCC(=O)N(C)[C@@H](C)[C@@H](OC(=O)[C@@H]1[C@H]2C(=O)N(CCCCCO)[C@H](C(=O)N(CC=C)c3c(C)cccc3Cl)[C@]23CC[C@H]1O3)c1ccccc1. The predicted octanol–water partition coefficient (Wildman–Crippen LogP) is 5.80. The van der Waals surface area contributed by atoms with Crippen LogP contribution in [0.2, 0.25) is 5.02 Å². The molecule has 3 saturated heterocycles. The van der Waals surface area contributed by atoms with E-state index in [1.807, 2.05) is 56.3 Å². The molecule has 0 aromatic heterocycles. The summed E-state index contributed by atoms with van der Waals surface area (Å²) >= 11 is 6.68. The molecule has 3 aliphatic heterocycles. The lowest BCUT2D eigenvalue weighted by Gasteiger charge is -2.37. The highest BCUT2D eigenvalue weighted by atomic mass is 35.5. The Morgan fingerprint density at radius 3 is 2.53 bits per heavy atom. The molecule has 0 unspecified atom stereocenters. The van der Waals surface area contributed by atoms with Gasteiger partial charge in [-0.15, -0.1) is 13.2 Å². The Kier molecular flexibility index (Phi) is 12.4. The van der Waals surface area contributed by atoms with E-state index >= 15 is 0 Å². The van der Waals surface area contributed by atoms with E-state index in [1.54, 1.807) is 40.0 Å². The van der Waals surface area contributed by atoms with Crippen molar-refractivity contribution in [3.8, 4) is 0 Å². The number of hydrogen-bond acceptors (Lipinski definition) is 7. The second-order valence-corrected chi connectivity index (χ2v) is 14.3. The Morgan fingerprint density at radius 2 is 1.86 bits per heavy atom. The monoisotopic (exact) mass is 719 g/mol. The van der Waals surface area contributed by atoms with Crippen molar-refractivity contribution >= 4 is 41.0 Å². The van der Waals surface area contributed by atoms with E-state index in [9.17, 15) is 24.3 Å². The average molecular weight is 720 g/mol. The van der Waals surface area contributed by atoms with Crippen molar-refractivity contribution in [2.24, 2.45) is 11.8 Å². The van der Waals surface area contributed by atoms with Crippen LogP contribution in [-0.2, 0) is 28.7 Å². The molecule has 3 aliphatic rings. The second kappa shape index (κ2) is 16.6. The number of ether oxygens (including phenoxy) is 2. The van der Waals surface area contributed by atoms with Gasteiger partial charge in [0.15, 0.2) is 0 Å². The first kappa shape index (κ1) is 38.2. The first-order chi connectivity index (χ1) is 24.5. The third-order valence-corrected chi connectivity index (χ3v) is 11.1. The highest BCUT2D eigenvalue weighted by Gasteiger charge is 2.75. The Labute approximate surface area is 306 Å². The number of amides is 3. The highest BCUT2D eigenvalue weighted by molar-refractivity contribution is 6.34. The number of benzene rings is 2. The van der Waals surface area contributed by atoms with E-state index in [0.717, 1.165) is 5.56 Å². The van der Waals surface area contributed by atoms with Gasteiger partial charge in [-0.2, -0.15) is 0 Å². The lowest BCUT2D eigenvalue weighted by molar-refractivity contribution is -0.164.